The largest absolute Gasteiger partial charge is 0.490 e. The van der Waals surface area contributed by atoms with Gasteiger partial charge in [0.15, 0.2) is 0 Å². The number of hydrogen-bond acceptors (Lipinski definition) is 5. The van der Waals surface area contributed by atoms with Crippen molar-refractivity contribution in [2.45, 2.75) is 44.4 Å². The van der Waals surface area contributed by atoms with Crippen molar-refractivity contribution in [2.75, 3.05) is 0 Å². The fourth-order valence-electron chi connectivity index (χ4n) is 3.67. The van der Waals surface area contributed by atoms with E-state index in [1.54, 1.807) is 12.3 Å². The second kappa shape index (κ2) is 7.04. The number of amides is 1. The summed E-state index contributed by atoms with van der Waals surface area (Å²) >= 11 is 3.39. The van der Waals surface area contributed by atoms with Crippen LogP contribution in [0.2, 0.25) is 0 Å². The van der Waals surface area contributed by atoms with Gasteiger partial charge in [-0.3, -0.25) is 4.79 Å². The van der Waals surface area contributed by atoms with Crippen molar-refractivity contribution < 1.29 is 9.53 Å². The van der Waals surface area contributed by atoms with Gasteiger partial charge in [-0.05, 0) is 59.8 Å². The van der Waals surface area contributed by atoms with E-state index in [1.165, 1.54) is 6.33 Å². The van der Waals surface area contributed by atoms with Crippen LogP contribution < -0.4 is 4.74 Å². The molecule has 1 amide bonds. The van der Waals surface area contributed by atoms with E-state index >= 15 is 0 Å². The SMILES string of the molecule is N#Cc1ccc(O[C@H]2CC[C@H](N3Cc4ncncc4C3=O)CC2)cc1Br. The van der Waals surface area contributed by atoms with Gasteiger partial charge < -0.3 is 9.64 Å². The lowest BCUT2D eigenvalue weighted by atomic mass is 9.92. The lowest BCUT2D eigenvalue weighted by molar-refractivity contribution is 0.0560. The number of fused-ring (bicyclic) bond motifs is 1. The normalized spacial score (nSPS) is 22.0. The van der Waals surface area contributed by atoms with Crippen molar-refractivity contribution in [1.82, 2.24) is 14.9 Å². The molecule has 4 rings (SSSR count). The van der Waals surface area contributed by atoms with Gasteiger partial charge in [0.25, 0.3) is 5.91 Å². The smallest absolute Gasteiger partial charge is 0.257 e. The number of halogens is 1. The summed E-state index contributed by atoms with van der Waals surface area (Å²) in [5.41, 5.74) is 2.05. The van der Waals surface area contributed by atoms with Crippen LogP contribution in [0.15, 0.2) is 35.2 Å². The molecule has 1 aliphatic heterocycles. The number of carbonyl (C=O) groups is 1. The number of rotatable bonds is 3. The summed E-state index contributed by atoms with van der Waals surface area (Å²) in [5.74, 6) is 0.806. The van der Waals surface area contributed by atoms with Crippen LogP contribution in [0.5, 0.6) is 5.75 Å². The number of hydrogen-bond donors (Lipinski definition) is 0. The van der Waals surface area contributed by atoms with Crippen LogP contribution in [0.4, 0.5) is 0 Å². The summed E-state index contributed by atoms with van der Waals surface area (Å²) in [7, 11) is 0. The molecule has 7 heteroatoms. The number of carbonyl (C=O) groups excluding carboxylic acids is 1. The third-order valence-electron chi connectivity index (χ3n) is 5.05. The Morgan fingerprint density at radius 3 is 2.77 bits per heavy atom. The average molecular weight is 413 g/mol. The van der Waals surface area contributed by atoms with E-state index < -0.39 is 0 Å². The molecule has 0 radical (unpaired) electrons. The molecule has 1 fully saturated rings. The minimum Gasteiger partial charge on any atom is -0.490 e. The molecule has 0 unspecified atom stereocenters. The highest BCUT2D eigenvalue weighted by Gasteiger charge is 2.36. The zero-order valence-corrected chi connectivity index (χ0v) is 15.6. The topological polar surface area (TPSA) is 79.1 Å². The number of nitrogens with zero attached hydrogens (tertiary/aromatic N) is 4. The van der Waals surface area contributed by atoms with Crippen molar-refractivity contribution >= 4 is 21.8 Å². The minimum atomic E-state index is 0.0426. The van der Waals surface area contributed by atoms with Crippen LogP contribution in [0.1, 0.15) is 47.3 Å². The molecule has 2 aliphatic rings. The third kappa shape index (κ3) is 3.17. The van der Waals surface area contributed by atoms with Crippen molar-refractivity contribution in [1.29, 1.82) is 5.26 Å². The van der Waals surface area contributed by atoms with E-state index in [0.717, 1.165) is 41.6 Å². The number of aromatic nitrogens is 2. The Kier molecular flexibility index (Phi) is 4.60. The van der Waals surface area contributed by atoms with Crippen molar-refractivity contribution in [3.63, 3.8) is 0 Å². The standard InChI is InChI=1S/C19H17BrN4O2/c20-17-7-15(4-1-12(17)8-21)26-14-5-2-13(3-6-14)24-10-18-16(19(24)25)9-22-11-23-18/h1,4,7,9,11,13-14H,2-3,5-6,10H2/t13-,14-. The van der Waals surface area contributed by atoms with Gasteiger partial charge in [0, 0.05) is 16.7 Å². The summed E-state index contributed by atoms with van der Waals surface area (Å²) in [6, 6.07) is 7.77. The Bertz CT molecular complexity index is 887. The molecular formula is C19H17BrN4O2. The van der Waals surface area contributed by atoms with Crippen LogP contribution in [0.3, 0.4) is 0 Å². The van der Waals surface area contributed by atoms with Crippen molar-refractivity contribution in [2.24, 2.45) is 0 Å². The zero-order valence-electron chi connectivity index (χ0n) is 14.1. The van der Waals surface area contributed by atoms with Crippen LogP contribution in [-0.2, 0) is 6.54 Å². The molecule has 26 heavy (non-hydrogen) atoms. The van der Waals surface area contributed by atoms with Gasteiger partial charge in [-0.25, -0.2) is 9.97 Å². The molecule has 2 heterocycles. The molecule has 1 aromatic heterocycles. The Labute approximate surface area is 159 Å². The minimum absolute atomic E-state index is 0.0426. The lowest BCUT2D eigenvalue weighted by Gasteiger charge is -2.34. The zero-order chi connectivity index (χ0) is 18.1. The lowest BCUT2D eigenvalue weighted by Crippen LogP contribution is -2.40. The van der Waals surface area contributed by atoms with Gasteiger partial charge in [-0.1, -0.05) is 0 Å². The fraction of sp³-hybridized carbons (Fsp3) is 0.368. The van der Waals surface area contributed by atoms with E-state index in [1.807, 2.05) is 17.0 Å². The quantitative estimate of drug-likeness (QED) is 0.770. The van der Waals surface area contributed by atoms with Gasteiger partial charge in [-0.15, -0.1) is 0 Å². The predicted molar refractivity (Wildman–Crippen MR) is 97.4 cm³/mol. The first-order valence-corrected chi connectivity index (χ1v) is 9.41. The Balaban J connectivity index is 1.36. The van der Waals surface area contributed by atoms with Gasteiger partial charge in [0.1, 0.15) is 18.1 Å². The van der Waals surface area contributed by atoms with Gasteiger partial charge in [-0.2, -0.15) is 5.26 Å². The maximum Gasteiger partial charge on any atom is 0.257 e. The first-order valence-electron chi connectivity index (χ1n) is 8.62. The molecule has 0 N–H and O–H groups in total. The highest BCUT2D eigenvalue weighted by molar-refractivity contribution is 9.10. The summed E-state index contributed by atoms with van der Waals surface area (Å²) < 4.78 is 6.81. The molecule has 0 saturated heterocycles. The molecule has 1 aromatic carbocycles. The number of benzene rings is 1. The number of ether oxygens (including phenoxy) is 1. The third-order valence-corrected chi connectivity index (χ3v) is 5.71. The molecule has 6 nitrogen and oxygen atoms in total. The predicted octanol–water partition coefficient (Wildman–Crippen LogP) is 3.46. The summed E-state index contributed by atoms with van der Waals surface area (Å²) in [4.78, 5) is 22.7. The second-order valence-corrected chi connectivity index (χ2v) is 7.47. The first-order chi connectivity index (χ1) is 12.7. The van der Waals surface area contributed by atoms with E-state index in [-0.39, 0.29) is 18.1 Å². The molecule has 1 aliphatic carbocycles. The Hall–Kier alpha value is -2.46. The fourth-order valence-corrected chi connectivity index (χ4v) is 4.12. The average Bonchev–Trinajstić information content (AvgIpc) is 3.00. The van der Waals surface area contributed by atoms with Crippen LogP contribution in [0, 0.1) is 11.3 Å². The van der Waals surface area contributed by atoms with Crippen LogP contribution >= 0.6 is 15.9 Å². The number of nitriles is 1. The molecule has 132 valence electrons. The molecule has 0 spiro atoms. The maximum atomic E-state index is 12.5. The van der Waals surface area contributed by atoms with Crippen LogP contribution in [0.25, 0.3) is 0 Å². The molecule has 2 aromatic rings. The molecule has 1 saturated carbocycles. The Morgan fingerprint density at radius 2 is 2.08 bits per heavy atom. The van der Waals surface area contributed by atoms with Gasteiger partial charge in [0.2, 0.25) is 0 Å². The second-order valence-electron chi connectivity index (χ2n) is 6.62. The van der Waals surface area contributed by atoms with E-state index in [0.29, 0.717) is 17.7 Å². The van der Waals surface area contributed by atoms with Crippen molar-refractivity contribution in [3.8, 4) is 11.8 Å². The first kappa shape index (κ1) is 17.0. The van der Waals surface area contributed by atoms with E-state index in [9.17, 15) is 4.79 Å². The highest BCUT2D eigenvalue weighted by Crippen LogP contribution is 2.32. The van der Waals surface area contributed by atoms with E-state index in [4.69, 9.17) is 10.00 Å². The van der Waals surface area contributed by atoms with Gasteiger partial charge in [0.05, 0.1) is 29.5 Å². The summed E-state index contributed by atoms with van der Waals surface area (Å²) in [5, 5.41) is 8.99. The Morgan fingerprint density at radius 1 is 1.27 bits per heavy atom. The molecule has 0 atom stereocenters. The summed E-state index contributed by atoms with van der Waals surface area (Å²) in [6.45, 7) is 0.579. The highest BCUT2D eigenvalue weighted by atomic mass is 79.9. The van der Waals surface area contributed by atoms with E-state index in [2.05, 4.69) is 32.0 Å². The monoisotopic (exact) mass is 412 g/mol. The summed E-state index contributed by atoms with van der Waals surface area (Å²) in [6.07, 6.45) is 6.86. The van der Waals surface area contributed by atoms with Gasteiger partial charge >= 0.3 is 0 Å². The van der Waals surface area contributed by atoms with Crippen molar-refractivity contribution in [3.05, 3.63) is 52.0 Å². The maximum absolute atomic E-state index is 12.5. The molecule has 0 bridgehead atoms. The molecular weight excluding hydrogens is 396 g/mol. The van der Waals surface area contributed by atoms with Crippen LogP contribution in [-0.4, -0.2) is 32.9 Å².